The van der Waals surface area contributed by atoms with Crippen molar-refractivity contribution in [2.24, 2.45) is 0 Å². The van der Waals surface area contributed by atoms with Gasteiger partial charge in [-0.15, -0.1) is 0 Å². The van der Waals surface area contributed by atoms with Crippen LogP contribution in [0.1, 0.15) is 32.8 Å². The van der Waals surface area contributed by atoms with Crippen molar-refractivity contribution in [2.75, 3.05) is 13.2 Å². The van der Waals surface area contributed by atoms with Crippen LogP contribution in [0.5, 0.6) is 11.5 Å². The van der Waals surface area contributed by atoms with E-state index in [0.717, 1.165) is 30.0 Å². The van der Waals surface area contributed by atoms with Crippen LogP contribution in [0.2, 0.25) is 0 Å². The number of nitrogens with one attached hydrogen (secondary N) is 1. The maximum atomic E-state index is 5.75. The Hall–Kier alpha value is -1.48. The van der Waals surface area contributed by atoms with E-state index in [1.165, 1.54) is 0 Å². The fourth-order valence-corrected chi connectivity index (χ4v) is 1.70. The molecule has 1 rings (SSSR count). The maximum absolute atomic E-state index is 5.75. The van der Waals surface area contributed by atoms with Crippen LogP contribution in [0.4, 0.5) is 0 Å². The minimum Gasteiger partial charge on any atom is -0.490 e. The molecule has 3 nitrogen and oxygen atoms in total. The van der Waals surface area contributed by atoms with Crippen molar-refractivity contribution in [2.45, 2.75) is 39.8 Å². The Balaban J connectivity index is 2.86. The van der Waals surface area contributed by atoms with E-state index in [1.807, 2.05) is 19.1 Å². The minimum absolute atomic E-state index is 0.487. The highest BCUT2D eigenvalue weighted by Crippen LogP contribution is 2.31. The first-order valence-electron chi connectivity index (χ1n) is 6.94. The van der Waals surface area contributed by atoms with Crippen LogP contribution in [0, 0.1) is 0 Å². The Labute approximate surface area is 116 Å². The summed E-state index contributed by atoms with van der Waals surface area (Å²) in [6, 6.07) is 6.49. The Morgan fingerprint density at radius 2 is 2.11 bits per heavy atom. The van der Waals surface area contributed by atoms with E-state index < -0.39 is 0 Å². The normalized spacial score (nSPS) is 11.9. The van der Waals surface area contributed by atoms with Gasteiger partial charge in [0.1, 0.15) is 6.61 Å². The van der Waals surface area contributed by atoms with Crippen molar-refractivity contribution in [1.82, 2.24) is 5.32 Å². The number of hydrogen-bond donors (Lipinski definition) is 1. The molecule has 1 unspecified atom stereocenters. The van der Waals surface area contributed by atoms with Gasteiger partial charge in [0, 0.05) is 18.2 Å². The fraction of sp³-hybridized carbons (Fsp3) is 0.500. The summed E-state index contributed by atoms with van der Waals surface area (Å²) in [4.78, 5) is 0. The third-order valence-corrected chi connectivity index (χ3v) is 2.96. The van der Waals surface area contributed by atoms with Crippen molar-refractivity contribution in [1.29, 1.82) is 0 Å². The molecule has 0 aliphatic heterocycles. The second-order valence-corrected chi connectivity index (χ2v) is 4.47. The van der Waals surface area contributed by atoms with Gasteiger partial charge in [-0.05, 0) is 26.3 Å². The van der Waals surface area contributed by atoms with Gasteiger partial charge < -0.3 is 14.8 Å². The first-order valence-corrected chi connectivity index (χ1v) is 6.94. The second-order valence-electron chi connectivity index (χ2n) is 4.47. The number of benzene rings is 1. The predicted molar refractivity (Wildman–Crippen MR) is 79.9 cm³/mol. The molecule has 0 aromatic heterocycles. The second kappa shape index (κ2) is 8.59. The van der Waals surface area contributed by atoms with Gasteiger partial charge in [-0.2, -0.15) is 0 Å². The Bertz CT molecular complexity index is 390. The van der Waals surface area contributed by atoms with Gasteiger partial charge in [0.25, 0.3) is 0 Å². The molecule has 1 N–H and O–H groups in total. The van der Waals surface area contributed by atoms with E-state index in [4.69, 9.17) is 9.47 Å². The van der Waals surface area contributed by atoms with Crippen LogP contribution in [0.25, 0.3) is 0 Å². The zero-order valence-corrected chi connectivity index (χ0v) is 12.2. The zero-order chi connectivity index (χ0) is 14.1. The van der Waals surface area contributed by atoms with E-state index in [1.54, 1.807) is 6.08 Å². The summed E-state index contributed by atoms with van der Waals surface area (Å²) < 4.78 is 11.4. The molecule has 19 heavy (non-hydrogen) atoms. The largest absolute Gasteiger partial charge is 0.490 e. The highest BCUT2D eigenvalue weighted by molar-refractivity contribution is 5.46. The van der Waals surface area contributed by atoms with E-state index in [9.17, 15) is 0 Å². The Morgan fingerprint density at radius 1 is 1.32 bits per heavy atom. The van der Waals surface area contributed by atoms with E-state index in [0.29, 0.717) is 19.3 Å². The standard InChI is InChI=1S/C16H25NO2/c1-5-11-19-16-14(12-17-13(4)6-2)9-8-10-15(16)18-7-3/h5,8-10,13,17H,1,6-7,11-12H2,2-4H3. The SMILES string of the molecule is C=CCOc1c(CNC(C)CC)cccc1OCC. The summed E-state index contributed by atoms with van der Waals surface area (Å²) in [6.07, 6.45) is 2.85. The molecule has 1 aromatic rings. The van der Waals surface area contributed by atoms with Gasteiger partial charge in [0.05, 0.1) is 6.61 Å². The summed E-state index contributed by atoms with van der Waals surface area (Å²) in [6.45, 7) is 11.9. The van der Waals surface area contributed by atoms with Crippen molar-refractivity contribution >= 4 is 0 Å². The Morgan fingerprint density at radius 3 is 2.74 bits per heavy atom. The van der Waals surface area contributed by atoms with Crippen LogP contribution in [0.3, 0.4) is 0 Å². The molecule has 1 atom stereocenters. The molecule has 0 aliphatic carbocycles. The number of rotatable bonds is 9. The molecule has 0 amide bonds. The number of ether oxygens (including phenoxy) is 2. The van der Waals surface area contributed by atoms with Crippen molar-refractivity contribution in [3.8, 4) is 11.5 Å². The predicted octanol–water partition coefficient (Wildman–Crippen LogP) is 3.54. The summed E-state index contributed by atoms with van der Waals surface area (Å²) in [7, 11) is 0. The molecule has 0 radical (unpaired) electrons. The van der Waals surface area contributed by atoms with Crippen molar-refractivity contribution in [3.63, 3.8) is 0 Å². The van der Waals surface area contributed by atoms with Gasteiger partial charge in [-0.25, -0.2) is 0 Å². The van der Waals surface area contributed by atoms with Crippen LogP contribution in [-0.4, -0.2) is 19.3 Å². The summed E-state index contributed by atoms with van der Waals surface area (Å²) in [5.74, 6) is 1.62. The smallest absolute Gasteiger partial charge is 0.166 e. The molecule has 0 bridgehead atoms. The van der Waals surface area contributed by atoms with Crippen LogP contribution >= 0.6 is 0 Å². The van der Waals surface area contributed by atoms with Gasteiger partial charge in [0.15, 0.2) is 11.5 Å². The van der Waals surface area contributed by atoms with E-state index in [2.05, 4.69) is 31.8 Å². The molecule has 0 saturated heterocycles. The summed E-state index contributed by atoms with van der Waals surface area (Å²) in [5, 5.41) is 3.47. The minimum atomic E-state index is 0.487. The Kier molecular flexibility index (Phi) is 7.04. The van der Waals surface area contributed by atoms with Gasteiger partial charge in [-0.3, -0.25) is 0 Å². The van der Waals surface area contributed by atoms with Crippen LogP contribution in [-0.2, 0) is 6.54 Å². The lowest BCUT2D eigenvalue weighted by molar-refractivity contribution is 0.293. The first-order chi connectivity index (χ1) is 9.22. The maximum Gasteiger partial charge on any atom is 0.166 e. The third kappa shape index (κ3) is 4.95. The van der Waals surface area contributed by atoms with Gasteiger partial charge >= 0.3 is 0 Å². The monoisotopic (exact) mass is 263 g/mol. The van der Waals surface area contributed by atoms with Crippen LogP contribution in [0.15, 0.2) is 30.9 Å². The van der Waals surface area contributed by atoms with Gasteiger partial charge in [0.2, 0.25) is 0 Å². The molecule has 0 spiro atoms. The quantitative estimate of drug-likeness (QED) is 0.691. The first kappa shape index (κ1) is 15.6. The van der Waals surface area contributed by atoms with Crippen molar-refractivity contribution < 1.29 is 9.47 Å². The van der Waals surface area contributed by atoms with Crippen LogP contribution < -0.4 is 14.8 Å². The molecule has 0 saturated carbocycles. The average molecular weight is 263 g/mol. The van der Waals surface area contributed by atoms with Gasteiger partial charge in [-0.1, -0.05) is 31.7 Å². The molecular formula is C16H25NO2. The lowest BCUT2D eigenvalue weighted by Gasteiger charge is -2.17. The zero-order valence-electron chi connectivity index (χ0n) is 12.2. The molecule has 0 fully saturated rings. The fourth-order valence-electron chi connectivity index (χ4n) is 1.70. The lowest BCUT2D eigenvalue weighted by atomic mass is 10.1. The molecule has 0 aliphatic rings. The highest BCUT2D eigenvalue weighted by atomic mass is 16.5. The lowest BCUT2D eigenvalue weighted by Crippen LogP contribution is -2.24. The molecule has 3 heteroatoms. The average Bonchev–Trinajstić information content (AvgIpc) is 2.43. The molecular weight excluding hydrogens is 238 g/mol. The molecule has 106 valence electrons. The van der Waals surface area contributed by atoms with E-state index >= 15 is 0 Å². The van der Waals surface area contributed by atoms with E-state index in [-0.39, 0.29) is 0 Å². The third-order valence-electron chi connectivity index (χ3n) is 2.96. The highest BCUT2D eigenvalue weighted by Gasteiger charge is 2.11. The van der Waals surface area contributed by atoms with Crippen molar-refractivity contribution in [3.05, 3.63) is 36.4 Å². The molecule has 0 heterocycles. The topological polar surface area (TPSA) is 30.5 Å². The molecule has 1 aromatic carbocycles. The number of para-hydroxylation sites is 1. The summed E-state index contributed by atoms with van der Waals surface area (Å²) in [5.41, 5.74) is 1.12. The number of hydrogen-bond acceptors (Lipinski definition) is 3. The summed E-state index contributed by atoms with van der Waals surface area (Å²) >= 11 is 0.